The lowest BCUT2D eigenvalue weighted by Gasteiger charge is -2.28. The van der Waals surface area contributed by atoms with E-state index >= 15 is 0 Å². The van der Waals surface area contributed by atoms with Crippen molar-refractivity contribution >= 4 is 0 Å². The van der Waals surface area contributed by atoms with Gasteiger partial charge in [-0.3, -0.25) is 4.90 Å². The third kappa shape index (κ3) is 1.82. The summed E-state index contributed by atoms with van der Waals surface area (Å²) in [4.78, 5) is 2.72. The van der Waals surface area contributed by atoms with Gasteiger partial charge in [0.1, 0.15) is 0 Å². The van der Waals surface area contributed by atoms with Gasteiger partial charge in [-0.15, -0.1) is 0 Å². The molecule has 2 saturated heterocycles. The number of epoxide rings is 1. The van der Waals surface area contributed by atoms with Crippen LogP contribution in [0.3, 0.4) is 0 Å². The Hall–Kier alpha value is -0.0800. The molecule has 3 rings (SSSR count). The van der Waals surface area contributed by atoms with Crippen molar-refractivity contribution in [3.63, 3.8) is 0 Å². The summed E-state index contributed by atoms with van der Waals surface area (Å²) in [6.07, 6.45) is 9.42. The molecule has 0 aromatic heterocycles. The lowest BCUT2D eigenvalue weighted by molar-refractivity contribution is 0.175. The van der Waals surface area contributed by atoms with Crippen molar-refractivity contribution in [3.05, 3.63) is 0 Å². The minimum atomic E-state index is 0.594. The SMILES string of the molecule is C1CCC(C2CCCN2C[C@H]2CO2)C1. The van der Waals surface area contributed by atoms with Crippen LogP contribution in [0.5, 0.6) is 0 Å². The first-order valence-electron chi connectivity index (χ1n) is 6.29. The molecule has 0 amide bonds. The number of nitrogens with zero attached hydrogens (tertiary/aromatic N) is 1. The summed E-state index contributed by atoms with van der Waals surface area (Å²) in [6, 6.07) is 0.918. The topological polar surface area (TPSA) is 15.8 Å². The molecule has 0 N–H and O–H groups in total. The van der Waals surface area contributed by atoms with Gasteiger partial charge in [0.15, 0.2) is 0 Å². The Morgan fingerprint density at radius 1 is 1.07 bits per heavy atom. The van der Waals surface area contributed by atoms with E-state index in [4.69, 9.17) is 4.74 Å². The quantitative estimate of drug-likeness (QED) is 0.640. The summed E-state index contributed by atoms with van der Waals surface area (Å²) in [6.45, 7) is 3.58. The predicted octanol–water partition coefficient (Wildman–Crippen LogP) is 2.04. The maximum absolute atomic E-state index is 5.34. The first-order chi connectivity index (χ1) is 6.93. The molecule has 3 aliphatic rings. The van der Waals surface area contributed by atoms with E-state index < -0.39 is 0 Å². The molecule has 0 aromatic rings. The monoisotopic (exact) mass is 195 g/mol. The van der Waals surface area contributed by atoms with E-state index in [0.29, 0.717) is 6.10 Å². The Morgan fingerprint density at radius 3 is 2.57 bits per heavy atom. The van der Waals surface area contributed by atoms with Gasteiger partial charge in [0.2, 0.25) is 0 Å². The maximum Gasteiger partial charge on any atom is 0.0936 e. The molecule has 0 aromatic carbocycles. The van der Waals surface area contributed by atoms with Crippen molar-refractivity contribution in [2.45, 2.75) is 50.7 Å². The molecule has 14 heavy (non-hydrogen) atoms. The fourth-order valence-electron chi connectivity index (χ4n) is 3.39. The second-order valence-corrected chi connectivity index (χ2v) is 5.20. The summed E-state index contributed by atoms with van der Waals surface area (Å²) in [5.74, 6) is 1.02. The molecule has 2 heteroatoms. The van der Waals surface area contributed by atoms with Crippen molar-refractivity contribution in [2.24, 2.45) is 5.92 Å². The number of likely N-dealkylation sites (tertiary alicyclic amines) is 1. The third-order valence-corrected chi connectivity index (χ3v) is 4.20. The van der Waals surface area contributed by atoms with Gasteiger partial charge in [0.25, 0.3) is 0 Å². The van der Waals surface area contributed by atoms with E-state index in [9.17, 15) is 0 Å². The molecule has 2 heterocycles. The zero-order valence-corrected chi connectivity index (χ0v) is 8.95. The predicted molar refractivity (Wildman–Crippen MR) is 56.3 cm³/mol. The molecular weight excluding hydrogens is 174 g/mol. The van der Waals surface area contributed by atoms with Crippen molar-refractivity contribution in [1.29, 1.82) is 0 Å². The summed E-state index contributed by atoms with van der Waals surface area (Å²) < 4.78 is 5.34. The van der Waals surface area contributed by atoms with Crippen LogP contribution >= 0.6 is 0 Å². The van der Waals surface area contributed by atoms with Gasteiger partial charge in [-0.05, 0) is 38.1 Å². The molecule has 1 saturated carbocycles. The average molecular weight is 195 g/mol. The number of hydrogen-bond donors (Lipinski definition) is 0. The molecule has 2 nitrogen and oxygen atoms in total. The van der Waals surface area contributed by atoms with Gasteiger partial charge in [0, 0.05) is 12.6 Å². The van der Waals surface area contributed by atoms with Gasteiger partial charge in [-0.1, -0.05) is 12.8 Å². The van der Waals surface area contributed by atoms with E-state index in [1.807, 2.05) is 0 Å². The lowest BCUT2D eigenvalue weighted by Crippen LogP contribution is -2.37. The first kappa shape index (κ1) is 9.17. The fraction of sp³-hybridized carbons (Fsp3) is 1.00. The molecule has 0 radical (unpaired) electrons. The highest BCUT2D eigenvalue weighted by atomic mass is 16.6. The molecule has 3 fully saturated rings. The molecule has 1 unspecified atom stereocenters. The van der Waals surface area contributed by atoms with Crippen molar-refractivity contribution < 1.29 is 4.74 Å². The lowest BCUT2D eigenvalue weighted by atomic mass is 9.96. The summed E-state index contributed by atoms with van der Waals surface area (Å²) in [7, 11) is 0. The van der Waals surface area contributed by atoms with Crippen LogP contribution in [-0.4, -0.2) is 36.7 Å². The second kappa shape index (κ2) is 3.82. The van der Waals surface area contributed by atoms with Crippen LogP contribution < -0.4 is 0 Å². The summed E-state index contributed by atoms with van der Waals surface area (Å²) >= 11 is 0. The highest BCUT2D eigenvalue weighted by Gasteiger charge is 2.36. The van der Waals surface area contributed by atoms with E-state index in [-0.39, 0.29) is 0 Å². The van der Waals surface area contributed by atoms with Crippen LogP contribution in [0.2, 0.25) is 0 Å². The molecule has 2 atom stereocenters. The van der Waals surface area contributed by atoms with Crippen LogP contribution in [0.25, 0.3) is 0 Å². The molecule has 80 valence electrons. The number of hydrogen-bond acceptors (Lipinski definition) is 2. The van der Waals surface area contributed by atoms with Crippen molar-refractivity contribution in [2.75, 3.05) is 19.7 Å². The Morgan fingerprint density at radius 2 is 1.86 bits per heavy atom. The standard InChI is InChI=1S/C12H21NO/c1-2-5-10(4-1)12-6-3-7-13(12)8-11-9-14-11/h10-12H,1-9H2/t11-,12?/m0/s1. The first-order valence-corrected chi connectivity index (χ1v) is 6.29. The van der Waals surface area contributed by atoms with Gasteiger partial charge >= 0.3 is 0 Å². The molecule has 0 spiro atoms. The van der Waals surface area contributed by atoms with Crippen molar-refractivity contribution in [3.8, 4) is 0 Å². The Balaban J connectivity index is 1.58. The average Bonchev–Trinajstić information content (AvgIpc) is 2.68. The summed E-state index contributed by atoms with van der Waals surface area (Å²) in [5.41, 5.74) is 0. The fourth-order valence-corrected chi connectivity index (χ4v) is 3.39. The van der Waals surface area contributed by atoms with E-state index in [2.05, 4.69) is 4.90 Å². The Kier molecular flexibility index (Phi) is 2.50. The summed E-state index contributed by atoms with van der Waals surface area (Å²) in [5, 5.41) is 0. The van der Waals surface area contributed by atoms with Crippen LogP contribution in [0, 0.1) is 5.92 Å². The van der Waals surface area contributed by atoms with E-state index in [0.717, 1.165) is 18.6 Å². The zero-order chi connectivity index (χ0) is 9.38. The van der Waals surface area contributed by atoms with Crippen LogP contribution in [0.4, 0.5) is 0 Å². The highest BCUT2D eigenvalue weighted by Crippen LogP contribution is 2.35. The van der Waals surface area contributed by atoms with Crippen LogP contribution in [0.15, 0.2) is 0 Å². The third-order valence-electron chi connectivity index (χ3n) is 4.20. The zero-order valence-electron chi connectivity index (χ0n) is 8.95. The van der Waals surface area contributed by atoms with Gasteiger partial charge in [0.05, 0.1) is 12.7 Å². The normalized spacial score (nSPS) is 39.4. The largest absolute Gasteiger partial charge is 0.372 e. The molecule has 0 bridgehead atoms. The second-order valence-electron chi connectivity index (χ2n) is 5.20. The van der Waals surface area contributed by atoms with Gasteiger partial charge in [-0.2, -0.15) is 0 Å². The maximum atomic E-state index is 5.34. The Labute approximate surface area is 86.6 Å². The molecule has 1 aliphatic carbocycles. The minimum Gasteiger partial charge on any atom is -0.372 e. The van der Waals surface area contributed by atoms with E-state index in [1.54, 1.807) is 0 Å². The van der Waals surface area contributed by atoms with Crippen LogP contribution in [0.1, 0.15) is 38.5 Å². The van der Waals surface area contributed by atoms with Gasteiger partial charge in [-0.25, -0.2) is 0 Å². The number of rotatable bonds is 3. The minimum absolute atomic E-state index is 0.594. The highest BCUT2D eigenvalue weighted by molar-refractivity contribution is 4.89. The van der Waals surface area contributed by atoms with E-state index in [1.165, 1.54) is 51.6 Å². The molecular formula is C12H21NO. The Bertz CT molecular complexity index is 196. The van der Waals surface area contributed by atoms with Crippen molar-refractivity contribution in [1.82, 2.24) is 4.90 Å². The van der Waals surface area contributed by atoms with Crippen LogP contribution in [-0.2, 0) is 4.74 Å². The molecule has 2 aliphatic heterocycles. The smallest absolute Gasteiger partial charge is 0.0936 e. The van der Waals surface area contributed by atoms with Gasteiger partial charge < -0.3 is 4.74 Å². The number of ether oxygens (including phenoxy) is 1.